The highest BCUT2D eigenvalue weighted by Crippen LogP contribution is 2.36. The third-order valence-electron chi connectivity index (χ3n) is 6.93. The number of carbonyl (C=O) groups is 2. The van der Waals surface area contributed by atoms with Crippen LogP contribution >= 0.6 is 11.8 Å². The van der Waals surface area contributed by atoms with E-state index < -0.39 is 0 Å². The molecule has 6 rings (SSSR count). The first-order chi connectivity index (χ1) is 17.5. The number of nitrogens with one attached hydrogen (secondary N) is 2. The fourth-order valence-corrected chi connectivity index (χ4v) is 6.04. The zero-order chi connectivity index (χ0) is 24.8. The Hall–Kier alpha value is -3.74. The molecule has 1 saturated heterocycles. The Morgan fingerprint density at radius 2 is 2.00 bits per heavy atom. The van der Waals surface area contributed by atoms with Gasteiger partial charge < -0.3 is 19.9 Å². The number of pyridine rings is 1. The minimum Gasteiger partial charge on any atom is -0.444 e. The van der Waals surface area contributed by atoms with Crippen LogP contribution < -0.4 is 21.1 Å². The second kappa shape index (κ2) is 9.04. The zero-order valence-electron chi connectivity index (χ0n) is 19.5. The van der Waals surface area contributed by atoms with E-state index in [0.29, 0.717) is 37.5 Å². The van der Waals surface area contributed by atoms with Gasteiger partial charge in [0.2, 0.25) is 5.91 Å². The summed E-state index contributed by atoms with van der Waals surface area (Å²) in [6, 6.07) is 12.9. The number of amides is 2. The van der Waals surface area contributed by atoms with Crippen LogP contribution in [0, 0.1) is 12.3 Å². The number of aromatic nitrogens is 1. The van der Waals surface area contributed by atoms with Gasteiger partial charge in [-0.05, 0) is 55.1 Å². The number of ether oxygens (including phenoxy) is 1. The molecule has 2 N–H and O–H groups in total. The van der Waals surface area contributed by atoms with Crippen LogP contribution in [0.5, 0.6) is 0 Å². The maximum absolute atomic E-state index is 12.5. The predicted octanol–water partition coefficient (Wildman–Crippen LogP) is 3.48. The molecule has 0 saturated carbocycles. The first kappa shape index (κ1) is 22.7. The number of anilines is 2. The van der Waals surface area contributed by atoms with E-state index in [9.17, 15) is 14.4 Å². The highest BCUT2D eigenvalue weighted by Gasteiger charge is 2.33. The average molecular weight is 501 g/mol. The lowest BCUT2D eigenvalue weighted by atomic mass is 9.99. The lowest BCUT2D eigenvalue weighted by Crippen LogP contribution is -2.27. The summed E-state index contributed by atoms with van der Waals surface area (Å²) in [5, 5.41) is 7.42. The molecule has 2 atom stereocenters. The number of thioether (sulfide) groups is 1. The number of benzene rings is 2. The maximum atomic E-state index is 12.5. The van der Waals surface area contributed by atoms with Crippen LogP contribution in [0.25, 0.3) is 10.9 Å². The maximum Gasteiger partial charge on any atom is 0.414 e. The van der Waals surface area contributed by atoms with Crippen molar-refractivity contribution in [3.05, 3.63) is 63.9 Å². The van der Waals surface area contributed by atoms with Crippen LogP contribution in [-0.2, 0) is 16.1 Å². The van der Waals surface area contributed by atoms with Gasteiger partial charge in [-0.15, -0.1) is 18.2 Å². The SMILES string of the molecule is C#Cc1ccc2ccc(=O)n3c2c1C(NCCC[C@@H]1CN(c2ccc4c(c2)NC(=O)CS4)C(=O)O1)C3. The third kappa shape index (κ3) is 3.92. The van der Waals surface area contributed by atoms with E-state index in [0.717, 1.165) is 39.0 Å². The molecule has 182 valence electrons. The minimum absolute atomic E-state index is 0.0273. The lowest BCUT2D eigenvalue weighted by molar-refractivity contribution is -0.113. The van der Waals surface area contributed by atoms with Crippen LogP contribution in [0.15, 0.2) is 52.2 Å². The van der Waals surface area contributed by atoms with Crippen molar-refractivity contribution in [1.82, 2.24) is 9.88 Å². The molecule has 0 radical (unpaired) electrons. The predicted molar refractivity (Wildman–Crippen MR) is 140 cm³/mol. The van der Waals surface area contributed by atoms with Crippen molar-refractivity contribution in [2.24, 2.45) is 0 Å². The van der Waals surface area contributed by atoms with E-state index in [1.807, 2.05) is 36.4 Å². The second-order valence-corrected chi connectivity index (χ2v) is 10.2. The van der Waals surface area contributed by atoms with Gasteiger partial charge in [0.15, 0.2) is 0 Å². The molecule has 0 aliphatic carbocycles. The van der Waals surface area contributed by atoms with Crippen molar-refractivity contribution >= 4 is 46.0 Å². The van der Waals surface area contributed by atoms with Gasteiger partial charge in [0.25, 0.3) is 5.56 Å². The molecule has 8 nitrogen and oxygen atoms in total. The molecule has 9 heteroatoms. The molecular formula is C27H24N4O4S. The molecule has 3 aromatic rings. The van der Waals surface area contributed by atoms with Crippen molar-refractivity contribution in [2.75, 3.05) is 29.1 Å². The fourth-order valence-electron chi connectivity index (χ4n) is 5.25. The summed E-state index contributed by atoms with van der Waals surface area (Å²) in [4.78, 5) is 39.3. The molecule has 0 bridgehead atoms. The Balaban J connectivity index is 1.08. The quantitative estimate of drug-likeness (QED) is 0.398. The number of carbonyl (C=O) groups excluding carboxylic acids is 2. The zero-order valence-corrected chi connectivity index (χ0v) is 20.3. The smallest absolute Gasteiger partial charge is 0.414 e. The topological polar surface area (TPSA) is 92.7 Å². The number of terminal acetylenes is 1. The highest BCUT2D eigenvalue weighted by atomic mass is 32.2. The van der Waals surface area contributed by atoms with Gasteiger partial charge in [-0.1, -0.05) is 12.0 Å². The standard InChI is InChI=1S/C27H24N4O4S/c1-2-16-5-6-17-7-10-24(33)31-14-21(25(16)26(17)31)28-11-3-4-19-13-30(27(34)35-19)18-8-9-22-20(12-18)29-23(32)15-36-22/h1,5-10,12,19,21,28H,3-4,11,13-15H2,(H,29,32)/t19-,21?/m1/s1. The van der Waals surface area contributed by atoms with Crippen LogP contribution in [0.3, 0.4) is 0 Å². The van der Waals surface area contributed by atoms with Crippen molar-refractivity contribution in [1.29, 1.82) is 0 Å². The van der Waals surface area contributed by atoms with Gasteiger partial charge in [0.1, 0.15) is 6.10 Å². The van der Waals surface area contributed by atoms with Gasteiger partial charge in [-0.3, -0.25) is 14.5 Å². The van der Waals surface area contributed by atoms with Crippen LogP contribution in [-0.4, -0.2) is 41.5 Å². The van der Waals surface area contributed by atoms with Gasteiger partial charge in [-0.2, -0.15) is 0 Å². The van der Waals surface area contributed by atoms with E-state index in [1.165, 1.54) is 11.8 Å². The number of hydrogen-bond acceptors (Lipinski definition) is 6. The second-order valence-electron chi connectivity index (χ2n) is 9.17. The van der Waals surface area contributed by atoms with Gasteiger partial charge in [0, 0.05) is 34.3 Å². The van der Waals surface area contributed by atoms with E-state index in [4.69, 9.17) is 11.2 Å². The Morgan fingerprint density at radius 1 is 1.14 bits per heavy atom. The highest BCUT2D eigenvalue weighted by molar-refractivity contribution is 8.00. The van der Waals surface area contributed by atoms with Crippen LogP contribution in [0.2, 0.25) is 0 Å². The fraction of sp³-hybridized carbons (Fsp3) is 0.296. The van der Waals surface area contributed by atoms with Gasteiger partial charge in [0.05, 0.1) is 29.5 Å². The molecule has 3 aliphatic heterocycles. The Labute approximate surface area is 212 Å². The number of hydrogen-bond donors (Lipinski definition) is 2. The number of rotatable bonds is 6. The van der Waals surface area contributed by atoms with E-state index >= 15 is 0 Å². The van der Waals surface area contributed by atoms with Crippen molar-refractivity contribution < 1.29 is 14.3 Å². The Bertz CT molecular complexity index is 1510. The first-order valence-corrected chi connectivity index (χ1v) is 12.9. The molecule has 2 amide bonds. The number of cyclic esters (lactones) is 1. The summed E-state index contributed by atoms with van der Waals surface area (Å²) in [6.45, 7) is 1.71. The largest absolute Gasteiger partial charge is 0.444 e. The Morgan fingerprint density at radius 3 is 2.86 bits per heavy atom. The lowest BCUT2D eigenvalue weighted by Gasteiger charge is -2.20. The molecule has 0 spiro atoms. The summed E-state index contributed by atoms with van der Waals surface area (Å²) in [5.74, 6) is 3.12. The minimum atomic E-state index is -0.376. The molecule has 1 aromatic heterocycles. The average Bonchev–Trinajstić information content (AvgIpc) is 3.45. The van der Waals surface area contributed by atoms with E-state index in [2.05, 4.69) is 16.6 Å². The summed E-state index contributed by atoms with van der Waals surface area (Å²) >= 11 is 1.49. The molecule has 2 aromatic carbocycles. The summed E-state index contributed by atoms with van der Waals surface area (Å²) in [6.07, 6.45) is 6.67. The first-order valence-electron chi connectivity index (χ1n) is 11.9. The number of fused-ring (bicyclic) bond motifs is 1. The third-order valence-corrected chi connectivity index (χ3v) is 8.01. The van der Waals surface area contributed by atoms with Crippen LogP contribution in [0.1, 0.15) is 30.0 Å². The molecule has 1 fully saturated rings. The van der Waals surface area contributed by atoms with E-state index in [1.54, 1.807) is 15.5 Å². The molecule has 36 heavy (non-hydrogen) atoms. The summed E-state index contributed by atoms with van der Waals surface area (Å²) in [5.41, 5.74) is 4.13. The van der Waals surface area contributed by atoms with E-state index in [-0.39, 0.29) is 29.7 Å². The Kier molecular flexibility index (Phi) is 5.70. The molecule has 1 unspecified atom stereocenters. The van der Waals surface area contributed by atoms with Crippen molar-refractivity contribution in [2.45, 2.75) is 36.4 Å². The molecule has 4 heterocycles. The monoisotopic (exact) mass is 500 g/mol. The summed E-state index contributed by atoms with van der Waals surface area (Å²) < 4.78 is 7.40. The normalized spacial score (nSPS) is 20.2. The van der Waals surface area contributed by atoms with Gasteiger partial charge in [-0.25, -0.2) is 4.79 Å². The molecule has 3 aliphatic rings. The van der Waals surface area contributed by atoms with Gasteiger partial charge >= 0.3 is 6.09 Å². The summed E-state index contributed by atoms with van der Waals surface area (Å²) in [7, 11) is 0. The van der Waals surface area contributed by atoms with Crippen molar-refractivity contribution in [3.63, 3.8) is 0 Å². The van der Waals surface area contributed by atoms with Crippen LogP contribution in [0.4, 0.5) is 16.2 Å². The van der Waals surface area contributed by atoms with Crippen molar-refractivity contribution in [3.8, 4) is 12.3 Å². The number of nitrogens with zero attached hydrogens (tertiary/aromatic N) is 2. The molecular weight excluding hydrogens is 476 g/mol.